The van der Waals surface area contributed by atoms with E-state index in [9.17, 15) is 4.79 Å². The fourth-order valence-electron chi connectivity index (χ4n) is 1.83. The van der Waals surface area contributed by atoms with Crippen LogP contribution in [0.25, 0.3) is 11.0 Å². The highest BCUT2D eigenvalue weighted by molar-refractivity contribution is 5.72. The number of hydrogen-bond donors (Lipinski definition) is 1. The minimum Gasteiger partial charge on any atom is -0.293 e. The lowest BCUT2D eigenvalue weighted by Gasteiger charge is -2.17. The molecule has 2 aromatic rings. The average molecular weight is 220 g/mol. The largest absolute Gasteiger partial charge is 0.293 e. The van der Waals surface area contributed by atoms with Gasteiger partial charge in [-0.2, -0.15) is 5.10 Å². The zero-order valence-electron chi connectivity index (χ0n) is 9.98. The molecule has 0 unspecified atom stereocenters. The second-order valence-electron chi connectivity index (χ2n) is 4.53. The molecule has 0 spiro atoms. The molecule has 5 nitrogen and oxygen atoms in total. The van der Waals surface area contributed by atoms with Crippen molar-refractivity contribution in [2.75, 3.05) is 0 Å². The van der Waals surface area contributed by atoms with Crippen molar-refractivity contribution in [3.63, 3.8) is 0 Å². The van der Waals surface area contributed by atoms with Gasteiger partial charge in [0.05, 0.1) is 6.20 Å². The van der Waals surface area contributed by atoms with E-state index in [4.69, 9.17) is 0 Å². The van der Waals surface area contributed by atoms with Crippen LogP contribution in [0.4, 0.5) is 0 Å². The Labute approximate surface area is 93.5 Å². The number of aromatic nitrogens is 4. The maximum absolute atomic E-state index is 12.2. The third-order valence-electron chi connectivity index (χ3n) is 2.57. The Balaban J connectivity index is 2.86. The Morgan fingerprint density at radius 2 is 2.00 bits per heavy atom. The first kappa shape index (κ1) is 10.9. The van der Waals surface area contributed by atoms with Gasteiger partial charge in [-0.25, -0.2) is 4.98 Å². The van der Waals surface area contributed by atoms with Gasteiger partial charge in [0.2, 0.25) is 0 Å². The molecule has 1 N–H and O–H groups in total. The first-order chi connectivity index (χ1) is 7.52. The van der Waals surface area contributed by atoms with E-state index in [2.05, 4.69) is 15.2 Å². The molecule has 0 aliphatic carbocycles. The monoisotopic (exact) mass is 220 g/mol. The SMILES string of the molecule is CC(C)c1nc2[nH]ncc2c(=O)n1C(C)C. The van der Waals surface area contributed by atoms with Crippen molar-refractivity contribution in [3.05, 3.63) is 22.4 Å². The van der Waals surface area contributed by atoms with Crippen LogP contribution in [0.15, 0.2) is 11.0 Å². The van der Waals surface area contributed by atoms with Crippen LogP contribution in [0.5, 0.6) is 0 Å². The number of rotatable bonds is 2. The topological polar surface area (TPSA) is 63.6 Å². The van der Waals surface area contributed by atoms with E-state index >= 15 is 0 Å². The van der Waals surface area contributed by atoms with Crippen molar-refractivity contribution in [1.29, 1.82) is 0 Å². The normalized spacial score (nSPS) is 11.9. The summed E-state index contributed by atoms with van der Waals surface area (Å²) in [6.45, 7) is 8.04. The van der Waals surface area contributed by atoms with Crippen LogP contribution >= 0.6 is 0 Å². The Hall–Kier alpha value is -1.65. The summed E-state index contributed by atoms with van der Waals surface area (Å²) in [5, 5.41) is 7.16. The smallest absolute Gasteiger partial charge is 0.264 e. The van der Waals surface area contributed by atoms with Gasteiger partial charge in [0, 0.05) is 12.0 Å². The Morgan fingerprint density at radius 1 is 1.31 bits per heavy atom. The molecule has 0 fully saturated rings. The standard InChI is InChI=1S/C11H16N4O/c1-6(2)10-13-9-8(5-12-14-9)11(16)15(10)7(3)4/h5-7H,1-4H3,(H,12,14). The fourth-order valence-corrected chi connectivity index (χ4v) is 1.83. The van der Waals surface area contributed by atoms with E-state index in [-0.39, 0.29) is 17.5 Å². The van der Waals surface area contributed by atoms with Crippen molar-refractivity contribution < 1.29 is 0 Å². The van der Waals surface area contributed by atoms with Crippen LogP contribution in [0.3, 0.4) is 0 Å². The van der Waals surface area contributed by atoms with Gasteiger partial charge in [0.25, 0.3) is 5.56 Å². The van der Waals surface area contributed by atoms with Crippen LogP contribution in [0.1, 0.15) is 45.5 Å². The third-order valence-corrected chi connectivity index (χ3v) is 2.57. The van der Waals surface area contributed by atoms with Crippen LogP contribution in [0, 0.1) is 0 Å². The molecule has 0 aliphatic rings. The number of H-pyrrole nitrogens is 1. The number of fused-ring (bicyclic) bond motifs is 1. The predicted octanol–water partition coefficient (Wildman–Crippen LogP) is 1.82. The van der Waals surface area contributed by atoms with E-state index in [0.29, 0.717) is 11.0 Å². The molecule has 86 valence electrons. The maximum Gasteiger partial charge on any atom is 0.264 e. The summed E-state index contributed by atoms with van der Waals surface area (Å²) in [5.41, 5.74) is 0.558. The summed E-state index contributed by atoms with van der Waals surface area (Å²) in [6.07, 6.45) is 1.54. The summed E-state index contributed by atoms with van der Waals surface area (Å²) >= 11 is 0. The molecule has 0 radical (unpaired) electrons. The Morgan fingerprint density at radius 3 is 2.56 bits per heavy atom. The molecule has 0 aliphatic heterocycles. The van der Waals surface area contributed by atoms with Gasteiger partial charge in [-0.05, 0) is 13.8 Å². The lowest BCUT2D eigenvalue weighted by Crippen LogP contribution is -2.27. The van der Waals surface area contributed by atoms with Gasteiger partial charge in [-0.3, -0.25) is 14.5 Å². The van der Waals surface area contributed by atoms with Crippen molar-refractivity contribution in [2.24, 2.45) is 0 Å². The molecule has 0 aromatic carbocycles. The highest BCUT2D eigenvalue weighted by Gasteiger charge is 2.16. The van der Waals surface area contributed by atoms with Gasteiger partial charge in [0.15, 0.2) is 5.65 Å². The average Bonchev–Trinajstić information content (AvgIpc) is 2.64. The molecular weight excluding hydrogens is 204 g/mol. The summed E-state index contributed by atoms with van der Waals surface area (Å²) < 4.78 is 1.74. The Bertz CT molecular complexity index is 565. The van der Waals surface area contributed by atoms with Crippen LogP contribution in [-0.4, -0.2) is 19.7 Å². The van der Waals surface area contributed by atoms with Gasteiger partial charge >= 0.3 is 0 Å². The second kappa shape index (κ2) is 3.73. The zero-order valence-corrected chi connectivity index (χ0v) is 9.98. The quantitative estimate of drug-likeness (QED) is 0.839. The minimum absolute atomic E-state index is 0.0162. The predicted molar refractivity (Wildman–Crippen MR) is 62.6 cm³/mol. The molecule has 2 heterocycles. The van der Waals surface area contributed by atoms with Crippen molar-refractivity contribution >= 4 is 11.0 Å². The first-order valence-electron chi connectivity index (χ1n) is 5.48. The highest BCUT2D eigenvalue weighted by Crippen LogP contribution is 2.16. The molecule has 0 atom stereocenters. The molecular formula is C11H16N4O. The summed E-state index contributed by atoms with van der Waals surface area (Å²) in [4.78, 5) is 16.7. The molecule has 0 amide bonds. The van der Waals surface area contributed by atoms with Crippen molar-refractivity contribution in [3.8, 4) is 0 Å². The van der Waals surface area contributed by atoms with Crippen molar-refractivity contribution in [2.45, 2.75) is 39.7 Å². The lowest BCUT2D eigenvalue weighted by atomic mass is 10.2. The van der Waals surface area contributed by atoms with E-state index in [0.717, 1.165) is 5.82 Å². The first-order valence-corrected chi connectivity index (χ1v) is 5.48. The van der Waals surface area contributed by atoms with Gasteiger partial charge < -0.3 is 0 Å². The van der Waals surface area contributed by atoms with E-state index in [1.54, 1.807) is 4.57 Å². The highest BCUT2D eigenvalue weighted by atomic mass is 16.1. The maximum atomic E-state index is 12.2. The van der Waals surface area contributed by atoms with Crippen LogP contribution in [0.2, 0.25) is 0 Å². The summed E-state index contributed by atoms with van der Waals surface area (Å²) in [5.74, 6) is 1.01. The van der Waals surface area contributed by atoms with Crippen LogP contribution < -0.4 is 5.56 Å². The number of hydrogen-bond acceptors (Lipinski definition) is 3. The Kier molecular flexibility index (Phi) is 2.53. The molecule has 5 heteroatoms. The summed E-state index contributed by atoms with van der Waals surface area (Å²) in [6, 6.07) is 0.108. The number of aromatic amines is 1. The van der Waals surface area contributed by atoms with E-state index < -0.39 is 0 Å². The van der Waals surface area contributed by atoms with Crippen molar-refractivity contribution in [1.82, 2.24) is 19.7 Å². The fraction of sp³-hybridized carbons (Fsp3) is 0.545. The van der Waals surface area contributed by atoms with E-state index in [1.165, 1.54) is 6.20 Å². The second-order valence-corrected chi connectivity index (χ2v) is 4.53. The van der Waals surface area contributed by atoms with Gasteiger partial charge in [-0.1, -0.05) is 13.8 Å². The summed E-state index contributed by atoms with van der Waals surface area (Å²) in [7, 11) is 0. The minimum atomic E-state index is -0.0162. The van der Waals surface area contributed by atoms with Gasteiger partial charge in [-0.15, -0.1) is 0 Å². The molecule has 2 rings (SSSR count). The number of nitrogens with zero attached hydrogens (tertiary/aromatic N) is 3. The van der Waals surface area contributed by atoms with Crippen LogP contribution in [-0.2, 0) is 0 Å². The number of nitrogens with one attached hydrogen (secondary N) is 1. The molecule has 0 saturated heterocycles. The van der Waals surface area contributed by atoms with E-state index in [1.807, 2.05) is 27.7 Å². The molecule has 0 bridgehead atoms. The molecule has 16 heavy (non-hydrogen) atoms. The third kappa shape index (κ3) is 1.52. The zero-order chi connectivity index (χ0) is 11.9. The molecule has 2 aromatic heterocycles. The lowest BCUT2D eigenvalue weighted by molar-refractivity contribution is 0.522. The van der Waals surface area contributed by atoms with Gasteiger partial charge in [0.1, 0.15) is 11.2 Å². The molecule has 0 saturated carbocycles.